The number of fused-ring (bicyclic) bond motifs is 4. The molecule has 3 aromatic carbocycles. The number of hydrogen-bond acceptors (Lipinski definition) is 9. The van der Waals surface area contributed by atoms with Gasteiger partial charge in [-0.25, -0.2) is 0 Å². The van der Waals surface area contributed by atoms with Gasteiger partial charge in [-0.15, -0.1) is 0 Å². The van der Waals surface area contributed by atoms with E-state index in [1.165, 1.54) is 60.7 Å². The lowest BCUT2D eigenvalue weighted by atomic mass is 9.57. The number of amides is 4. The third-order valence-corrected chi connectivity index (χ3v) is 9.52. The molecule has 6 atom stereocenters. The highest BCUT2D eigenvalue weighted by molar-refractivity contribution is 6.24. The molecule has 4 amide bonds. The van der Waals surface area contributed by atoms with E-state index in [0.717, 1.165) is 15.4 Å². The Morgan fingerprint density at radius 2 is 1.20 bits per heavy atom. The SMILES string of the molecule is O=C1C2CC=C3C(CC4C(=O)N(c5ccc([N+](=O)[O-])cc5)C(=O)C4C3c3cccc(O)c3)C2C(=O)N1c1ccc([N+](=O)[O-])cc1. The van der Waals surface area contributed by atoms with E-state index in [4.69, 9.17) is 0 Å². The number of anilines is 2. The van der Waals surface area contributed by atoms with Gasteiger partial charge in [0.15, 0.2) is 0 Å². The number of hydrogen-bond donors (Lipinski definition) is 1. The van der Waals surface area contributed by atoms with Crippen molar-refractivity contribution in [2.45, 2.75) is 18.8 Å². The maximum atomic E-state index is 14.1. The number of allylic oxidation sites excluding steroid dienone is 2. The fraction of sp³-hybridized carbons (Fsp3) is 0.250. The van der Waals surface area contributed by atoms with Crippen molar-refractivity contribution >= 4 is 46.4 Å². The van der Waals surface area contributed by atoms with Gasteiger partial charge >= 0.3 is 0 Å². The molecule has 1 N–H and O–H groups in total. The predicted molar refractivity (Wildman–Crippen MR) is 157 cm³/mol. The molecule has 13 heteroatoms. The number of carbonyl (C=O) groups is 4. The maximum absolute atomic E-state index is 14.1. The Hall–Kier alpha value is -5.72. The first-order valence-electron chi connectivity index (χ1n) is 14.3. The lowest BCUT2D eigenvalue weighted by Crippen LogP contribution is -2.43. The molecule has 0 radical (unpaired) electrons. The van der Waals surface area contributed by atoms with Crippen LogP contribution in [-0.2, 0) is 19.2 Å². The molecule has 13 nitrogen and oxygen atoms in total. The van der Waals surface area contributed by atoms with Gasteiger partial charge in [0, 0.05) is 30.2 Å². The van der Waals surface area contributed by atoms with Crippen molar-refractivity contribution in [2.75, 3.05) is 9.80 Å². The summed E-state index contributed by atoms with van der Waals surface area (Å²) >= 11 is 0. The fourth-order valence-corrected chi connectivity index (χ4v) is 7.64. The minimum atomic E-state index is -0.869. The minimum Gasteiger partial charge on any atom is -0.508 e. The summed E-state index contributed by atoms with van der Waals surface area (Å²) in [4.78, 5) is 79.0. The normalized spacial score (nSPS) is 27.2. The third-order valence-electron chi connectivity index (χ3n) is 9.52. The van der Waals surface area contributed by atoms with Crippen LogP contribution in [0.15, 0.2) is 84.4 Å². The van der Waals surface area contributed by atoms with Crippen LogP contribution < -0.4 is 9.80 Å². The van der Waals surface area contributed by atoms with Gasteiger partial charge in [0.1, 0.15) is 5.75 Å². The monoisotopic (exact) mass is 608 g/mol. The van der Waals surface area contributed by atoms with Crippen LogP contribution >= 0.6 is 0 Å². The number of carbonyl (C=O) groups excluding carboxylic acids is 4. The lowest BCUT2D eigenvalue weighted by molar-refractivity contribution is -0.385. The molecule has 226 valence electrons. The van der Waals surface area contributed by atoms with Crippen molar-refractivity contribution < 1.29 is 34.1 Å². The zero-order chi connectivity index (χ0) is 31.7. The van der Waals surface area contributed by atoms with Gasteiger partial charge in [-0.3, -0.25) is 49.2 Å². The number of nitro benzene ring substituents is 2. The smallest absolute Gasteiger partial charge is 0.269 e. The van der Waals surface area contributed by atoms with Gasteiger partial charge in [0.25, 0.3) is 11.4 Å². The van der Waals surface area contributed by atoms with Crippen LogP contribution in [0.2, 0.25) is 0 Å². The van der Waals surface area contributed by atoms with Crippen molar-refractivity contribution in [1.29, 1.82) is 0 Å². The minimum absolute atomic E-state index is 0.0408. The van der Waals surface area contributed by atoms with E-state index < -0.39 is 69.0 Å². The van der Waals surface area contributed by atoms with Crippen LogP contribution in [-0.4, -0.2) is 38.6 Å². The number of non-ortho nitro benzene ring substituents is 2. The number of benzene rings is 3. The highest BCUT2D eigenvalue weighted by Gasteiger charge is 2.62. The number of aromatic hydroxyl groups is 1. The molecule has 2 heterocycles. The Morgan fingerprint density at radius 3 is 1.73 bits per heavy atom. The molecule has 2 saturated heterocycles. The molecule has 0 spiro atoms. The molecule has 3 fully saturated rings. The summed E-state index contributed by atoms with van der Waals surface area (Å²) in [5.74, 6) is -6.50. The molecular formula is C32H24N4O9. The molecule has 0 aromatic heterocycles. The van der Waals surface area contributed by atoms with E-state index in [0.29, 0.717) is 5.56 Å². The van der Waals surface area contributed by atoms with Crippen LogP contribution in [0, 0.1) is 49.8 Å². The van der Waals surface area contributed by atoms with Gasteiger partial charge in [0.2, 0.25) is 23.6 Å². The Balaban J connectivity index is 1.29. The van der Waals surface area contributed by atoms with Crippen LogP contribution in [0.3, 0.4) is 0 Å². The maximum Gasteiger partial charge on any atom is 0.269 e. The summed E-state index contributed by atoms with van der Waals surface area (Å²) in [6.45, 7) is 0. The highest BCUT2D eigenvalue weighted by atomic mass is 16.6. The summed E-state index contributed by atoms with van der Waals surface area (Å²) in [6.07, 6.45) is 2.20. The second kappa shape index (κ2) is 10.2. The van der Waals surface area contributed by atoms with Crippen LogP contribution in [0.5, 0.6) is 5.75 Å². The van der Waals surface area contributed by atoms with Gasteiger partial charge in [-0.1, -0.05) is 23.8 Å². The molecule has 6 unspecified atom stereocenters. The zero-order valence-electron chi connectivity index (χ0n) is 23.4. The summed E-state index contributed by atoms with van der Waals surface area (Å²) in [5.41, 5.74) is 1.33. The standard InChI is InChI=1S/C32H24N4O9/c37-21-3-1-2-16(14-21)26-22-12-13-23-27(31(40)33(29(23)38)17-4-8-19(9-5-17)35(42)43)24(22)15-25-28(26)32(41)34(30(25)39)18-6-10-20(11-7-18)36(44)45/h1-12,14,23-28,37H,13,15H2. The Kier molecular flexibility index (Phi) is 6.35. The molecule has 2 aliphatic carbocycles. The van der Waals surface area contributed by atoms with E-state index in [-0.39, 0.29) is 41.3 Å². The first-order chi connectivity index (χ1) is 21.6. The van der Waals surface area contributed by atoms with Crippen molar-refractivity contribution in [1.82, 2.24) is 0 Å². The fourth-order valence-electron chi connectivity index (χ4n) is 7.64. The zero-order valence-corrected chi connectivity index (χ0v) is 23.4. The van der Waals surface area contributed by atoms with Gasteiger partial charge in [-0.05, 0) is 60.7 Å². The number of nitro groups is 2. The summed E-state index contributed by atoms with van der Waals surface area (Å²) < 4.78 is 0. The van der Waals surface area contributed by atoms with Crippen LogP contribution in [0.25, 0.3) is 0 Å². The highest BCUT2D eigenvalue weighted by Crippen LogP contribution is 2.58. The van der Waals surface area contributed by atoms with Gasteiger partial charge in [0.05, 0.1) is 44.9 Å². The first-order valence-corrected chi connectivity index (χ1v) is 14.3. The topological polar surface area (TPSA) is 181 Å². The molecule has 4 aliphatic rings. The summed E-state index contributed by atoms with van der Waals surface area (Å²) in [7, 11) is 0. The van der Waals surface area contributed by atoms with Crippen molar-refractivity contribution in [3.63, 3.8) is 0 Å². The molecule has 45 heavy (non-hydrogen) atoms. The quantitative estimate of drug-likeness (QED) is 0.192. The average Bonchev–Trinajstić information content (AvgIpc) is 3.43. The molecule has 3 aromatic rings. The lowest BCUT2D eigenvalue weighted by Gasteiger charge is -2.44. The molecule has 1 saturated carbocycles. The second-order valence-corrected chi connectivity index (χ2v) is 11.7. The number of rotatable bonds is 5. The molecular weight excluding hydrogens is 584 g/mol. The number of phenols is 1. The molecule has 2 aliphatic heterocycles. The van der Waals surface area contributed by atoms with E-state index in [1.54, 1.807) is 12.1 Å². The molecule has 0 bridgehead atoms. The Labute approximate surface area is 254 Å². The third kappa shape index (κ3) is 4.22. The van der Waals surface area contributed by atoms with E-state index in [9.17, 15) is 44.5 Å². The predicted octanol–water partition coefficient (Wildman–Crippen LogP) is 4.25. The number of nitrogens with zero attached hydrogens (tertiary/aromatic N) is 4. The van der Waals surface area contributed by atoms with Crippen molar-refractivity contribution in [3.05, 3.63) is 110 Å². The number of phenolic OH excluding ortho intramolecular Hbond substituents is 1. The summed E-state index contributed by atoms with van der Waals surface area (Å²) in [5, 5.41) is 32.7. The van der Waals surface area contributed by atoms with E-state index in [1.807, 2.05) is 6.08 Å². The first kappa shape index (κ1) is 28.1. The van der Waals surface area contributed by atoms with Gasteiger partial charge < -0.3 is 5.11 Å². The van der Waals surface area contributed by atoms with Gasteiger partial charge in [-0.2, -0.15) is 0 Å². The Bertz CT molecular complexity index is 1850. The second-order valence-electron chi connectivity index (χ2n) is 11.7. The van der Waals surface area contributed by atoms with Crippen molar-refractivity contribution in [3.8, 4) is 5.75 Å². The molecule has 7 rings (SSSR count). The van der Waals surface area contributed by atoms with E-state index >= 15 is 0 Å². The van der Waals surface area contributed by atoms with Crippen LogP contribution in [0.4, 0.5) is 22.7 Å². The summed E-state index contributed by atoms with van der Waals surface area (Å²) in [6, 6.07) is 16.7. The van der Waals surface area contributed by atoms with Crippen LogP contribution in [0.1, 0.15) is 24.3 Å². The Morgan fingerprint density at radius 1 is 0.667 bits per heavy atom. The van der Waals surface area contributed by atoms with E-state index in [2.05, 4.69) is 0 Å². The number of imide groups is 2. The average molecular weight is 609 g/mol. The van der Waals surface area contributed by atoms with Crippen molar-refractivity contribution in [2.24, 2.45) is 29.6 Å². The largest absolute Gasteiger partial charge is 0.508 e.